The van der Waals surface area contributed by atoms with Crippen molar-refractivity contribution < 1.29 is 9.53 Å². The second-order valence-corrected chi connectivity index (χ2v) is 3.45. The lowest BCUT2D eigenvalue weighted by molar-refractivity contribution is 0.100. The van der Waals surface area contributed by atoms with E-state index in [1.165, 1.54) is 13.1 Å². The van der Waals surface area contributed by atoms with Crippen LogP contribution in [0, 0.1) is 0 Å². The highest BCUT2D eigenvalue weighted by molar-refractivity contribution is 5.90. The summed E-state index contributed by atoms with van der Waals surface area (Å²) in [6.07, 6.45) is 1.52. The molecule has 1 aromatic heterocycles. The summed E-state index contributed by atoms with van der Waals surface area (Å²) in [6.45, 7) is 1.41. The minimum Gasteiger partial charge on any atom is -0.497 e. The largest absolute Gasteiger partial charge is 0.497 e. The average molecular weight is 229 g/mol. The molecule has 86 valence electrons. The molecule has 0 amide bonds. The Labute approximate surface area is 98.5 Å². The van der Waals surface area contributed by atoms with Crippen molar-refractivity contribution in [1.82, 2.24) is 15.2 Å². The van der Waals surface area contributed by atoms with Gasteiger partial charge >= 0.3 is 0 Å². The zero-order valence-corrected chi connectivity index (χ0v) is 9.54. The van der Waals surface area contributed by atoms with Crippen LogP contribution >= 0.6 is 0 Å². The SMILES string of the molecule is COc1cccc(-c2cnnc(C(C)=O)n2)c1. The molecular formula is C12H11N3O2. The lowest BCUT2D eigenvalue weighted by atomic mass is 10.1. The van der Waals surface area contributed by atoms with E-state index in [0.717, 1.165) is 11.3 Å². The smallest absolute Gasteiger partial charge is 0.218 e. The quantitative estimate of drug-likeness (QED) is 0.750. The molecule has 0 N–H and O–H groups in total. The van der Waals surface area contributed by atoms with E-state index in [-0.39, 0.29) is 11.6 Å². The van der Waals surface area contributed by atoms with Crippen molar-refractivity contribution in [2.45, 2.75) is 6.92 Å². The lowest BCUT2D eigenvalue weighted by Gasteiger charge is -2.03. The fourth-order valence-corrected chi connectivity index (χ4v) is 1.37. The van der Waals surface area contributed by atoms with Crippen molar-refractivity contribution in [3.8, 4) is 17.0 Å². The molecule has 0 saturated carbocycles. The Balaban J connectivity index is 2.45. The van der Waals surface area contributed by atoms with Crippen LogP contribution in [0.3, 0.4) is 0 Å². The first-order valence-electron chi connectivity index (χ1n) is 5.06. The standard InChI is InChI=1S/C12H11N3O2/c1-8(16)12-14-11(7-13-15-12)9-4-3-5-10(6-9)17-2/h3-7H,1-2H3. The molecule has 0 aliphatic carbocycles. The van der Waals surface area contributed by atoms with Gasteiger partial charge in [0.2, 0.25) is 5.82 Å². The van der Waals surface area contributed by atoms with E-state index in [1.54, 1.807) is 7.11 Å². The van der Waals surface area contributed by atoms with E-state index < -0.39 is 0 Å². The van der Waals surface area contributed by atoms with Gasteiger partial charge in [0.1, 0.15) is 5.75 Å². The van der Waals surface area contributed by atoms with Gasteiger partial charge in [0, 0.05) is 12.5 Å². The van der Waals surface area contributed by atoms with Crippen molar-refractivity contribution in [3.63, 3.8) is 0 Å². The van der Waals surface area contributed by atoms with Crippen LogP contribution in [-0.2, 0) is 0 Å². The summed E-state index contributed by atoms with van der Waals surface area (Å²) in [5.41, 5.74) is 1.44. The van der Waals surface area contributed by atoms with Gasteiger partial charge in [-0.1, -0.05) is 12.1 Å². The van der Waals surface area contributed by atoms with E-state index in [2.05, 4.69) is 15.2 Å². The van der Waals surface area contributed by atoms with Gasteiger partial charge in [-0.25, -0.2) is 4.98 Å². The highest BCUT2D eigenvalue weighted by Gasteiger charge is 2.07. The molecule has 0 atom stereocenters. The number of Topliss-reactive ketones (excluding diaryl/α,β-unsaturated/α-hetero) is 1. The van der Waals surface area contributed by atoms with E-state index in [4.69, 9.17) is 4.74 Å². The Morgan fingerprint density at radius 1 is 1.35 bits per heavy atom. The van der Waals surface area contributed by atoms with Gasteiger partial charge in [-0.05, 0) is 12.1 Å². The summed E-state index contributed by atoms with van der Waals surface area (Å²) in [7, 11) is 1.60. The van der Waals surface area contributed by atoms with Crippen LogP contribution < -0.4 is 4.74 Å². The fourth-order valence-electron chi connectivity index (χ4n) is 1.37. The molecule has 0 aliphatic rings. The van der Waals surface area contributed by atoms with Crippen molar-refractivity contribution >= 4 is 5.78 Å². The summed E-state index contributed by atoms with van der Waals surface area (Å²) < 4.78 is 5.12. The minimum atomic E-state index is -0.206. The van der Waals surface area contributed by atoms with Gasteiger partial charge in [-0.3, -0.25) is 4.79 Å². The molecule has 0 saturated heterocycles. The second-order valence-electron chi connectivity index (χ2n) is 3.45. The zero-order chi connectivity index (χ0) is 12.3. The van der Waals surface area contributed by atoms with Crippen LogP contribution in [0.4, 0.5) is 0 Å². The van der Waals surface area contributed by atoms with Crippen LogP contribution in [-0.4, -0.2) is 28.1 Å². The molecule has 1 heterocycles. The van der Waals surface area contributed by atoms with Gasteiger partial charge in [0.05, 0.1) is 19.0 Å². The molecule has 0 aliphatic heterocycles. The minimum absolute atomic E-state index is 0.116. The average Bonchev–Trinajstić information content (AvgIpc) is 2.39. The van der Waals surface area contributed by atoms with Crippen molar-refractivity contribution in [2.24, 2.45) is 0 Å². The molecule has 2 rings (SSSR count). The van der Waals surface area contributed by atoms with Gasteiger partial charge in [-0.15, -0.1) is 5.10 Å². The second kappa shape index (κ2) is 4.69. The molecule has 0 radical (unpaired) electrons. The monoisotopic (exact) mass is 229 g/mol. The summed E-state index contributed by atoms with van der Waals surface area (Å²) in [5.74, 6) is 0.637. The Hall–Kier alpha value is -2.30. The maximum absolute atomic E-state index is 11.2. The van der Waals surface area contributed by atoms with Gasteiger partial charge in [0.15, 0.2) is 5.78 Å². The normalized spacial score (nSPS) is 10.0. The molecule has 0 fully saturated rings. The van der Waals surface area contributed by atoms with Crippen LogP contribution in [0.15, 0.2) is 30.5 Å². The van der Waals surface area contributed by atoms with Crippen LogP contribution in [0.5, 0.6) is 5.75 Å². The molecular weight excluding hydrogens is 218 g/mol. The number of carbonyl (C=O) groups is 1. The number of ketones is 1. The number of hydrogen-bond acceptors (Lipinski definition) is 5. The zero-order valence-electron chi connectivity index (χ0n) is 9.54. The number of ether oxygens (including phenoxy) is 1. The molecule has 0 unspecified atom stereocenters. The summed E-state index contributed by atoms with van der Waals surface area (Å²) >= 11 is 0. The first kappa shape index (κ1) is 11.2. The van der Waals surface area contributed by atoms with Gasteiger partial charge < -0.3 is 4.74 Å². The van der Waals surface area contributed by atoms with E-state index >= 15 is 0 Å². The maximum atomic E-state index is 11.2. The van der Waals surface area contributed by atoms with Crippen molar-refractivity contribution in [2.75, 3.05) is 7.11 Å². The summed E-state index contributed by atoms with van der Waals surface area (Å²) in [5, 5.41) is 7.43. The highest BCUT2D eigenvalue weighted by Crippen LogP contribution is 2.21. The first-order valence-corrected chi connectivity index (χ1v) is 5.06. The number of aromatic nitrogens is 3. The van der Waals surface area contributed by atoms with E-state index in [0.29, 0.717) is 5.69 Å². The van der Waals surface area contributed by atoms with Crippen molar-refractivity contribution in [3.05, 3.63) is 36.3 Å². The topological polar surface area (TPSA) is 65.0 Å². The number of hydrogen-bond donors (Lipinski definition) is 0. The third-order valence-corrected chi connectivity index (χ3v) is 2.24. The Kier molecular flexibility index (Phi) is 3.09. The molecule has 0 bridgehead atoms. The molecule has 5 heteroatoms. The van der Waals surface area contributed by atoms with E-state index in [1.807, 2.05) is 24.3 Å². The van der Waals surface area contributed by atoms with Crippen molar-refractivity contribution in [1.29, 1.82) is 0 Å². The maximum Gasteiger partial charge on any atom is 0.218 e. The van der Waals surface area contributed by atoms with Gasteiger partial charge in [-0.2, -0.15) is 5.10 Å². The van der Waals surface area contributed by atoms with Crippen LogP contribution in [0.1, 0.15) is 17.5 Å². The third-order valence-electron chi connectivity index (χ3n) is 2.24. The Morgan fingerprint density at radius 3 is 2.88 bits per heavy atom. The summed E-state index contributed by atoms with van der Waals surface area (Å²) in [6, 6.07) is 7.39. The lowest BCUT2D eigenvalue weighted by Crippen LogP contribution is -2.03. The number of methoxy groups -OCH3 is 1. The Bertz CT molecular complexity index is 555. The number of nitrogens with zero attached hydrogens (tertiary/aromatic N) is 3. The molecule has 1 aromatic carbocycles. The first-order chi connectivity index (χ1) is 8.20. The summed E-state index contributed by atoms with van der Waals surface area (Å²) in [4.78, 5) is 15.3. The number of rotatable bonds is 3. The third kappa shape index (κ3) is 2.44. The van der Waals surface area contributed by atoms with Gasteiger partial charge in [0.25, 0.3) is 0 Å². The molecule has 17 heavy (non-hydrogen) atoms. The number of benzene rings is 1. The molecule has 0 spiro atoms. The number of carbonyl (C=O) groups excluding carboxylic acids is 1. The molecule has 5 nitrogen and oxygen atoms in total. The highest BCUT2D eigenvalue weighted by atomic mass is 16.5. The van der Waals surface area contributed by atoms with E-state index in [9.17, 15) is 4.79 Å². The molecule has 2 aromatic rings. The fraction of sp³-hybridized carbons (Fsp3) is 0.167. The predicted molar refractivity (Wildman–Crippen MR) is 61.8 cm³/mol. The van der Waals surface area contributed by atoms with Crippen LogP contribution in [0.25, 0.3) is 11.3 Å². The van der Waals surface area contributed by atoms with Crippen LogP contribution in [0.2, 0.25) is 0 Å². The predicted octanol–water partition coefficient (Wildman–Crippen LogP) is 1.75. The Morgan fingerprint density at radius 2 is 2.18 bits per heavy atom.